The van der Waals surface area contributed by atoms with Crippen LogP contribution in [0.4, 0.5) is 0 Å². The van der Waals surface area contributed by atoms with E-state index in [1.54, 1.807) is 0 Å². The molecule has 92 valence electrons. The number of nitrogens with zero attached hydrogens (tertiary/aromatic N) is 1. The van der Waals surface area contributed by atoms with Gasteiger partial charge in [0.15, 0.2) is 5.96 Å². The zero-order valence-corrected chi connectivity index (χ0v) is 11.1. The molecule has 0 aromatic heterocycles. The van der Waals surface area contributed by atoms with E-state index in [1.165, 1.54) is 25.0 Å². The summed E-state index contributed by atoms with van der Waals surface area (Å²) in [5.41, 5.74) is 0. The maximum atomic E-state index is 4.68. The van der Waals surface area contributed by atoms with Gasteiger partial charge in [-0.3, -0.25) is 4.99 Å². The molecule has 3 nitrogen and oxygen atoms in total. The Morgan fingerprint density at radius 3 is 2.88 bits per heavy atom. The Morgan fingerprint density at radius 2 is 2.31 bits per heavy atom. The molecule has 1 aliphatic carbocycles. The first-order chi connectivity index (χ1) is 7.79. The highest BCUT2D eigenvalue weighted by Crippen LogP contribution is 2.29. The summed E-state index contributed by atoms with van der Waals surface area (Å²) in [5.74, 6) is 3.16. The van der Waals surface area contributed by atoms with Gasteiger partial charge in [-0.2, -0.15) is 11.8 Å². The van der Waals surface area contributed by atoms with Gasteiger partial charge >= 0.3 is 0 Å². The number of hydrogen-bond donors (Lipinski definition) is 2. The molecular weight excluding hydrogens is 218 g/mol. The lowest BCUT2D eigenvalue weighted by molar-refractivity contribution is 0.746. The van der Waals surface area contributed by atoms with Gasteiger partial charge in [-0.05, 0) is 37.9 Å². The number of aliphatic imine (C=N–C) groups is 1. The standard InChI is InChI=1S/C12H23N3S/c1-3-13-12(15-11-7-9(11)2)14-8-10-5-4-6-16-10/h9-11H,3-8H2,1-2H3,(H2,13,14,15). The monoisotopic (exact) mass is 241 g/mol. The van der Waals surface area contributed by atoms with Crippen LogP contribution in [-0.4, -0.2) is 36.1 Å². The number of rotatable bonds is 4. The van der Waals surface area contributed by atoms with Crippen LogP contribution >= 0.6 is 11.8 Å². The Labute approximate surface area is 103 Å². The summed E-state index contributed by atoms with van der Waals surface area (Å²) in [5, 5.41) is 7.58. The van der Waals surface area contributed by atoms with Gasteiger partial charge in [0, 0.05) is 17.8 Å². The molecule has 1 heterocycles. The first-order valence-electron chi connectivity index (χ1n) is 6.46. The van der Waals surface area contributed by atoms with Crippen molar-refractivity contribution in [3.8, 4) is 0 Å². The van der Waals surface area contributed by atoms with Crippen molar-refractivity contribution < 1.29 is 0 Å². The lowest BCUT2D eigenvalue weighted by Crippen LogP contribution is -2.39. The molecule has 4 heteroatoms. The second-order valence-electron chi connectivity index (χ2n) is 4.82. The van der Waals surface area contributed by atoms with E-state index in [9.17, 15) is 0 Å². The number of nitrogens with one attached hydrogen (secondary N) is 2. The highest BCUT2D eigenvalue weighted by Gasteiger charge is 2.33. The molecule has 0 radical (unpaired) electrons. The van der Waals surface area contributed by atoms with E-state index in [2.05, 4.69) is 41.2 Å². The SMILES string of the molecule is CCNC(=NCC1CCCS1)NC1CC1C. The summed E-state index contributed by atoms with van der Waals surface area (Å²) >= 11 is 2.07. The van der Waals surface area contributed by atoms with Crippen LogP contribution in [0, 0.1) is 5.92 Å². The third kappa shape index (κ3) is 3.58. The Morgan fingerprint density at radius 1 is 1.50 bits per heavy atom. The summed E-state index contributed by atoms with van der Waals surface area (Å²) in [6.07, 6.45) is 4.00. The van der Waals surface area contributed by atoms with Gasteiger partial charge in [-0.25, -0.2) is 0 Å². The Bertz CT molecular complexity index is 249. The summed E-state index contributed by atoms with van der Waals surface area (Å²) < 4.78 is 0. The van der Waals surface area contributed by atoms with Crippen molar-refractivity contribution in [2.75, 3.05) is 18.8 Å². The fraction of sp³-hybridized carbons (Fsp3) is 0.917. The molecule has 0 bridgehead atoms. The second-order valence-corrected chi connectivity index (χ2v) is 6.23. The normalized spacial score (nSPS) is 33.9. The molecule has 0 spiro atoms. The molecular formula is C12H23N3S. The molecule has 0 aromatic rings. The Kier molecular flexibility index (Phi) is 4.38. The van der Waals surface area contributed by atoms with Crippen molar-refractivity contribution in [2.45, 2.75) is 44.4 Å². The van der Waals surface area contributed by atoms with E-state index in [1.807, 2.05) is 0 Å². The lowest BCUT2D eigenvalue weighted by atomic mass is 10.2. The highest BCUT2D eigenvalue weighted by molar-refractivity contribution is 8.00. The molecule has 2 aliphatic rings. The van der Waals surface area contributed by atoms with Crippen LogP contribution in [0.2, 0.25) is 0 Å². The minimum atomic E-state index is 0.661. The van der Waals surface area contributed by atoms with E-state index in [0.29, 0.717) is 6.04 Å². The van der Waals surface area contributed by atoms with Gasteiger partial charge in [0.25, 0.3) is 0 Å². The smallest absolute Gasteiger partial charge is 0.191 e. The molecule has 0 amide bonds. The quantitative estimate of drug-likeness (QED) is 0.582. The highest BCUT2D eigenvalue weighted by atomic mass is 32.2. The average Bonchev–Trinajstić information content (AvgIpc) is 2.80. The molecule has 0 aromatic carbocycles. The Hall–Kier alpha value is -0.380. The van der Waals surface area contributed by atoms with Crippen LogP contribution in [0.1, 0.15) is 33.1 Å². The fourth-order valence-electron chi connectivity index (χ4n) is 2.00. The molecule has 2 N–H and O–H groups in total. The van der Waals surface area contributed by atoms with Gasteiger partial charge in [0.1, 0.15) is 0 Å². The van der Waals surface area contributed by atoms with E-state index >= 15 is 0 Å². The van der Waals surface area contributed by atoms with E-state index in [-0.39, 0.29) is 0 Å². The number of hydrogen-bond acceptors (Lipinski definition) is 2. The summed E-state index contributed by atoms with van der Waals surface area (Å²) in [6.45, 7) is 6.33. The average molecular weight is 241 g/mol. The zero-order chi connectivity index (χ0) is 11.4. The van der Waals surface area contributed by atoms with Gasteiger partial charge < -0.3 is 10.6 Å². The largest absolute Gasteiger partial charge is 0.357 e. The summed E-state index contributed by atoms with van der Waals surface area (Å²) in [6, 6.07) is 0.661. The third-order valence-electron chi connectivity index (χ3n) is 3.25. The van der Waals surface area contributed by atoms with E-state index in [0.717, 1.165) is 30.2 Å². The van der Waals surface area contributed by atoms with Crippen LogP contribution in [0.25, 0.3) is 0 Å². The molecule has 1 aliphatic heterocycles. The van der Waals surface area contributed by atoms with Crippen LogP contribution in [0.3, 0.4) is 0 Å². The van der Waals surface area contributed by atoms with Crippen LogP contribution < -0.4 is 10.6 Å². The van der Waals surface area contributed by atoms with Crippen molar-refractivity contribution >= 4 is 17.7 Å². The molecule has 1 saturated carbocycles. The molecule has 2 rings (SSSR count). The fourth-order valence-corrected chi connectivity index (χ4v) is 3.18. The predicted molar refractivity (Wildman–Crippen MR) is 72.2 cm³/mol. The van der Waals surface area contributed by atoms with Gasteiger partial charge in [-0.1, -0.05) is 6.92 Å². The first-order valence-corrected chi connectivity index (χ1v) is 7.51. The molecule has 16 heavy (non-hydrogen) atoms. The van der Waals surface area contributed by atoms with Gasteiger partial charge in [0.05, 0.1) is 6.54 Å². The predicted octanol–water partition coefficient (Wildman–Crippen LogP) is 1.85. The number of thioether (sulfide) groups is 1. The van der Waals surface area contributed by atoms with Crippen molar-refractivity contribution in [3.05, 3.63) is 0 Å². The lowest BCUT2D eigenvalue weighted by Gasteiger charge is -2.12. The van der Waals surface area contributed by atoms with Gasteiger partial charge in [-0.15, -0.1) is 0 Å². The summed E-state index contributed by atoms with van der Waals surface area (Å²) in [4.78, 5) is 4.68. The molecule has 2 fully saturated rings. The van der Waals surface area contributed by atoms with Crippen molar-refractivity contribution in [1.29, 1.82) is 0 Å². The number of guanidine groups is 1. The van der Waals surface area contributed by atoms with Crippen LogP contribution in [-0.2, 0) is 0 Å². The minimum Gasteiger partial charge on any atom is -0.357 e. The van der Waals surface area contributed by atoms with Crippen molar-refractivity contribution in [1.82, 2.24) is 10.6 Å². The minimum absolute atomic E-state index is 0.661. The maximum Gasteiger partial charge on any atom is 0.191 e. The molecule has 1 saturated heterocycles. The molecule has 3 atom stereocenters. The van der Waals surface area contributed by atoms with E-state index < -0.39 is 0 Å². The third-order valence-corrected chi connectivity index (χ3v) is 4.63. The second kappa shape index (κ2) is 5.80. The summed E-state index contributed by atoms with van der Waals surface area (Å²) in [7, 11) is 0. The molecule has 3 unspecified atom stereocenters. The van der Waals surface area contributed by atoms with Crippen LogP contribution in [0.5, 0.6) is 0 Å². The zero-order valence-electron chi connectivity index (χ0n) is 10.3. The van der Waals surface area contributed by atoms with Crippen molar-refractivity contribution in [3.63, 3.8) is 0 Å². The Balaban J connectivity index is 1.77. The van der Waals surface area contributed by atoms with Gasteiger partial charge in [0.2, 0.25) is 0 Å². The maximum absolute atomic E-state index is 4.68. The topological polar surface area (TPSA) is 36.4 Å². The van der Waals surface area contributed by atoms with Crippen LogP contribution in [0.15, 0.2) is 4.99 Å². The van der Waals surface area contributed by atoms with Crippen molar-refractivity contribution in [2.24, 2.45) is 10.9 Å². The first kappa shape index (κ1) is 12.1. The van der Waals surface area contributed by atoms with E-state index in [4.69, 9.17) is 0 Å².